The molecule has 0 aromatic heterocycles. The van der Waals surface area contributed by atoms with E-state index in [1.807, 2.05) is 37.2 Å². The van der Waals surface area contributed by atoms with Crippen molar-refractivity contribution < 1.29 is 0 Å². The van der Waals surface area contributed by atoms with Gasteiger partial charge in [-0.25, -0.2) is 0 Å². The van der Waals surface area contributed by atoms with Crippen molar-refractivity contribution in [2.45, 2.75) is 6.04 Å². The smallest absolute Gasteiger partial charge is 0.253 e. The van der Waals surface area contributed by atoms with Crippen LogP contribution in [0, 0.1) is 0 Å². The minimum Gasteiger partial charge on any atom is -0.379 e. The summed E-state index contributed by atoms with van der Waals surface area (Å²) in [6, 6.07) is 10.5. The summed E-state index contributed by atoms with van der Waals surface area (Å²) in [6.07, 6.45) is 0. The van der Waals surface area contributed by atoms with E-state index in [-0.39, 0.29) is 6.04 Å². The van der Waals surface area contributed by atoms with Crippen molar-refractivity contribution >= 4 is 11.4 Å². The molecule has 7 nitrogen and oxygen atoms in total. The predicted octanol–water partition coefficient (Wildman–Crippen LogP) is 0.657. The number of hydrogen-bond donors (Lipinski definition) is 2. The second kappa shape index (κ2) is 9.32. The second-order valence-electron chi connectivity index (χ2n) is 7.78. The fraction of sp³-hybridized carbons (Fsp3) is 0.524. The Hall–Kier alpha value is -2.22. The van der Waals surface area contributed by atoms with Crippen LogP contribution in [0.4, 0.5) is 11.4 Å². The highest BCUT2D eigenvalue weighted by atomic mass is 16.2. The van der Waals surface area contributed by atoms with Gasteiger partial charge < -0.3 is 20.4 Å². The average Bonchev–Trinajstić information content (AvgIpc) is 2.70. The Morgan fingerprint density at radius 1 is 0.964 bits per heavy atom. The van der Waals surface area contributed by atoms with Crippen LogP contribution in [0.2, 0.25) is 0 Å². The lowest BCUT2D eigenvalue weighted by Crippen LogP contribution is -2.48. The van der Waals surface area contributed by atoms with Crippen LogP contribution < -0.4 is 21.5 Å². The molecule has 28 heavy (non-hydrogen) atoms. The lowest BCUT2D eigenvalue weighted by Gasteiger charge is -2.38. The Bertz CT molecular complexity index is 821. The quantitative estimate of drug-likeness (QED) is 0.615. The van der Waals surface area contributed by atoms with Crippen LogP contribution in [0.5, 0.6) is 0 Å². The van der Waals surface area contributed by atoms with Crippen LogP contribution in [-0.2, 0) is 0 Å². The van der Waals surface area contributed by atoms with Gasteiger partial charge in [-0.3, -0.25) is 14.5 Å². The van der Waals surface area contributed by atoms with Gasteiger partial charge in [0.2, 0.25) is 0 Å². The number of nitrogens with zero attached hydrogens (tertiary/aromatic N) is 3. The molecule has 3 rings (SSSR count). The summed E-state index contributed by atoms with van der Waals surface area (Å²) in [7, 11) is 6.09. The van der Waals surface area contributed by atoms with Gasteiger partial charge in [0.1, 0.15) is 11.4 Å². The summed E-state index contributed by atoms with van der Waals surface area (Å²) >= 11 is 0. The van der Waals surface area contributed by atoms with Crippen molar-refractivity contribution in [2.75, 3.05) is 77.6 Å². The second-order valence-corrected chi connectivity index (χ2v) is 7.78. The van der Waals surface area contributed by atoms with Gasteiger partial charge in [-0.05, 0) is 26.7 Å². The number of hydrogen-bond acceptors (Lipinski definition) is 7. The molecule has 0 aliphatic carbocycles. The van der Waals surface area contributed by atoms with E-state index in [1.165, 1.54) is 5.56 Å². The molecule has 2 aromatic rings. The van der Waals surface area contributed by atoms with E-state index >= 15 is 0 Å². The van der Waals surface area contributed by atoms with Crippen LogP contribution in [0.25, 0.3) is 0 Å². The van der Waals surface area contributed by atoms with E-state index in [9.17, 15) is 9.59 Å². The largest absolute Gasteiger partial charge is 0.379 e. The number of nitrogens with one attached hydrogen (secondary N) is 2. The zero-order valence-electron chi connectivity index (χ0n) is 17.1. The molecule has 0 radical (unpaired) electrons. The monoisotopic (exact) mass is 385 g/mol. The van der Waals surface area contributed by atoms with E-state index in [0.717, 1.165) is 32.7 Å². The third-order valence-corrected chi connectivity index (χ3v) is 5.41. The highest BCUT2D eigenvalue weighted by Crippen LogP contribution is 2.24. The van der Waals surface area contributed by atoms with E-state index < -0.39 is 10.9 Å². The highest BCUT2D eigenvalue weighted by Gasteiger charge is 2.26. The van der Waals surface area contributed by atoms with Crippen LogP contribution in [0.15, 0.2) is 39.9 Å². The zero-order valence-corrected chi connectivity index (χ0v) is 17.1. The first-order chi connectivity index (χ1) is 13.5. The highest BCUT2D eigenvalue weighted by molar-refractivity contribution is 5.74. The Kier molecular flexibility index (Phi) is 6.83. The van der Waals surface area contributed by atoms with Gasteiger partial charge >= 0.3 is 0 Å². The number of benzene rings is 1. The summed E-state index contributed by atoms with van der Waals surface area (Å²) in [6.45, 7) is 6.05. The van der Waals surface area contributed by atoms with E-state index in [2.05, 4.69) is 39.6 Å². The maximum Gasteiger partial charge on any atom is 0.253 e. The molecular formula is C21H31N5O2. The maximum atomic E-state index is 12.1. The molecule has 2 N–H and O–H groups in total. The fourth-order valence-electron chi connectivity index (χ4n) is 3.60. The molecule has 1 unspecified atom stereocenters. The number of rotatable bonds is 9. The molecule has 1 fully saturated rings. The van der Waals surface area contributed by atoms with Crippen LogP contribution in [0.3, 0.4) is 0 Å². The molecule has 2 aromatic carbocycles. The van der Waals surface area contributed by atoms with Crippen LogP contribution in [0.1, 0.15) is 11.6 Å². The molecule has 1 heterocycles. The van der Waals surface area contributed by atoms with Gasteiger partial charge in [-0.1, -0.05) is 30.3 Å². The Morgan fingerprint density at radius 3 is 2.18 bits per heavy atom. The minimum atomic E-state index is -0.419. The summed E-state index contributed by atoms with van der Waals surface area (Å²) in [5.74, 6) is 0. The lowest BCUT2D eigenvalue weighted by atomic mass is 10.0. The van der Waals surface area contributed by atoms with Gasteiger partial charge in [0.05, 0.1) is 6.04 Å². The zero-order chi connectivity index (χ0) is 20.1. The van der Waals surface area contributed by atoms with Crippen molar-refractivity contribution in [1.82, 2.24) is 14.7 Å². The third kappa shape index (κ3) is 4.79. The lowest BCUT2D eigenvalue weighted by molar-refractivity contribution is 0.116. The van der Waals surface area contributed by atoms with Crippen LogP contribution >= 0.6 is 0 Å². The molecule has 1 saturated heterocycles. The fourth-order valence-corrected chi connectivity index (χ4v) is 3.60. The molecule has 1 aliphatic heterocycles. The summed E-state index contributed by atoms with van der Waals surface area (Å²) in [4.78, 5) is 30.9. The first-order valence-corrected chi connectivity index (χ1v) is 9.90. The topological polar surface area (TPSA) is 67.9 Å². The van der Waals surface area contributed by atoms with Gasteiger partial charge in [0.15, 0.2) is 0 Å². The molecule has 0 bridgehead atoms. The Labute approximate surface area is 166 Å². The molecule has 0 saturated carbocycles. The minimum absolute atomic E-state index is 0.161. The van der Waals surface area contributed by atoms with Gasteiger partial charge in [-0.2, -0.15) is 0 Å². The van der Waals surface area contributed by atoms with Crippen molar-refractivity contribution in [1.29, 1.82) is 0 Å². The first kappa shape index (κ1) is 20.5. The van der Waals surface area contributed by atoms with E-state index in [1.54, 1.807) is 0 Å². The van der Waals surface area contributed by atoms with Crippen molar-refractivity contribution in [3.63, 3.8) is 0 Å². The predicted molar refractivity (Wildman–Crippen MR) is 115 cm³/mol. The van der Waals surface area contributed by atoms with Crippen molar-refractivity contribution in [2.24, 2.45) is 0 Å². The molecule has 7 heteroatoms. The normalized spacial score (nSPS) is 17.1. The van der Waals surface area contributed by atoms with Gasteiger partial charge in [0, 0.05) is 45.8 Å². The number of piperazine rings is 1. The third-order valence-electron chi connectivity index (χ3n) is 5.41. The standard InChI is InChI=1S/C21H31N5O2/c1-24(2)10-9-22-18-19(21(28)20(18)27)23-15-17(16-7-5-4-6-8-16)26-13-11-25(3)12-14-26/h4-8,17,22-23H,9-15H2,1-3H3. The molecule has 0 amide bonds. The number of anilines is 2. The summed E-state index contributed by atoms with van der Waals surface area (Å²) in [5.41, 5.74) is 1.24. The molecule has 152 valence electrons. The maximum absolute atomic E-state index is 12.1. The van der Waals surface area contributed by atoms with Crippen molar-refractivity contribution in [3.8, 4) is 0 Å². The molecule has 0 spiro atoms. The van der Waals surface area contributed by atoms with Crippen LogP contribution in [-0.4, -0.2) is 81.7 Å². The van der Waals surface area contributed by atoms with Gasteiger partial charge in [0.25, 0.3) is 10.9 Å². The first-order valence-electron chi connectivity index (χ1n) is 9.90. The molecule has 1 aliphatic rings. The number of likely N-dealkylation sites (N-methyl/N-ethyl adjacent to an activating group) is 2. The van der Waals surface area contributed by atoms with E-state index in [0.29, 0.717) is 24.5 Å². The molecular weight excluding hydrogens is 354 g/mol. The SMILES string of the molecule is CN(C)CCNc1c(NCC(c2ccccc2)N2CCN(C)CC2)c(=O)c1=O. The molecule has 1 atom stereocenters. The Balaban J connectivity index is 1.70. The Morgan fingerprint density at radius 2 is 1.57 bits per heavy atom. The summed E-state index contributed by atoms with van der Waals surface area (Å²) < 4.78 is 0. The van der Waals surface area contributed by atoms with E-state index in [4.69, 9.17) is 0 Å². The average molecular weight is 386 g/mol. The summed E-state index contributed by atoms with van der Waals surface area (Å²) in [5, 5.41) is 6.39. The van der Waals surface area contributed by atoms with Crippen molar-refractivity contribution in [3.05, 3.63) is 56.3 Å². The van der Waals surface area contributed by atoms with Gasteiger partial charge in [-0.15, -0.1) is 0 Å².